The van der Waals surface area contributed by atoms with Crippen LogP contribution in [0, 0.1) is 11.8 Å². The van der Waals surface area contributed by atoms with Gasteiger partial charge in [-0.1, -0.05) is 19.6 Å². The van der Waals surface area contributed by atoms with Gasteiger partial charge in [0.15, 0.2) is 0 Å². The minimum atomic E-state index is -0.562. The molecule has 1 rings (SSSR count). The zero-order valence-electron chi connectivity index (χ0n) is 18.9. The first-order valence-corrected chi connectivity index (χ1v) is 10.7. The van der Waals surface area contributed by atoms with Crippen molar-refractivity contribution < 1.29 is 38.1 Å². The van der Waals surface area contributed by atoms with Crippen LogP contribution in [0.25, 0.3) is 0 Å². The molecular weight excluding hydrogens is 420 g/mol. The second-order valence-corrected chi connectivity index (χ2v) is 7.76. The topological polar surface area (TPSA) is 129 Å². The van der Waals surface area contributed by atoms with Crippen LogP contribution in [0.4, 0.5) is 9.59 Å². The van der Waals surface area contributed by atoms with Crippen LogP contribution >= 0.6 is 0 Å². The summed E-state index contributed by atoms with van der Waals surface area (Å²) < 4.78 is 19.6. The van der Waals surface area contributed by atoms with Crippen molar-refractivity contribution in [1.29, 1.82) is 0 Å². The predicted molar refractivity (Wildman–Crippen MR) is 116 cm³/mol. The average Bonchev–Trinajstić information content (AvgIpc) is 2.76. The number of rotatable bonds is 12. The van der Waals surface area contributed by atoms with Crippen LogP contribution in [0.15, 0.2) is 24.3 Å². The fourth-order valence-electron chi connectivity index (χ4n) is 3.11. The summed E-state index contributed by atoms with van der Waals surface area (Å²) in [4.78, 5) is 46.0. The van der Waals surface area contributed by atoms with Crippen molar-refractivity contribution in [2.75, 3.05) is 39.5 Å². The van der Waals surface area contributed by atoms with Crippen molar-refractivity contribution >= 4 is 24.1 Å². The molecule has 2 amide bonds. The third-order valence-electron chi connectivity index (χ3n) is 4.76. The quantitative estimate of drug-likeness (QED) is 0.199. The minimum absolute atomic E-state index is 0.0251. The fourth-order valence-corrected chi connectivity index (χ4v) is 3.11. The van der Waals surface area contributed by atoms with Crippen LogP contribution in [-0.2, 0) is 28.5 Å². The largest absolute Gasteiger partial charge is 0.459 e. The van der Waals surface area contributed by atoms with E-state index in [0.29, 0.717) is 13.1 Å². The fraction of sp³-hybridized carbons (Fsp3) is 0.636. The number of carbonyl (C=O) groups excluding carboxylic acids is 4. The maximum absolute atomic E-state index is 11.8. The molecule has 1 aliphatic carbocycles. The Morgan fingerprint density at radius 1 is 0.719 bits per heavy atom. The van der Waals surface area contributed by atoms with Gasteiger partial charge >= 0.3 is 24.1 Å². The summed E-state index contributed by atoms with van der Waals surface area (Å²) in [5.41, 5.74) is 0.571. The van der Waals surface area contributed by atoms with Crippen molar-refractivity contribution in [3.63, 3.8) is 0 Å². The van der Waals surface area contributed by atoms with Crippen LogP contribution in [0.1, 0.15) is 39.5 Å². The van der Waals surface area contributed by atoms with E-state index in [4.69, 9.17) is 18.9 Å². The predicted octanol–water partition coefficient (Wildman–Crippen LogP) is 2.48. The molecule has 0 aromatic carbocycles. The average molecular weight is 455 g/mol. The second kappa shape index (κ2) is 14.9. The second-order valence-electron chi connectivity index (χ2n) is 7.76. The molecule has 1 aliphatic rings. The van der Waals surface area contributed by atoms with Crippen molar-refractivity contribution in [3.8, 4) is 0 Å². The summed E-state index contributed by atoms with van der Waals surface area (Å²) in [6.07, 6.45) is 2.68. The molecule has 2 N–H and O–H groups in total. The Balaban J connectivity index is 2.14. The van der Waals surface area contributed by atoms with Gasteiger partial charge in [0.1, 0.15) is 26.4 Å². The van der Waals surface area contributed by atoms with Gasteiger partial charge in [0.2, 0.25) is 0 Å². The van der Waals surface area contributed by atoms with E-state index in [9.17, 15) is 19.2 Å². The Morgan fingerprint density at radius 2 is 1.09 bits per heavy atom. The molecule has 2 unspecified atom stereocenters. The Labute approximate surface area is 188 Å². The number of ether oxygens (including phenoxy) is 4. The van der Waals surface area contributed by atoms with Crippen molar-refractivity contribution in [2.24, 2.45) is 11.8 Å². The molecule has 0 spiro atoms. The Bertz CT molecular complexity index is 635. The van der Waals surface area contributed by atoms with E-state index in [1.807, 2.05) is 0 Å². The Morgan fingerprint density at radius 3 is 1.47 bits per heavy atom. The molecule has 0 aromatic rings. The highest BCUT2D eigenvalue weighted by Crippen LogP contribution is 2.28. The third kappa shape index (κ3) is 12.0. The van der Waals surface area contributed by atoms with Crippen LogP contribution in [-0.4, -0.2) is 63.6 Å². The van der Waals surface area contributed by atoms with E-state index in [-0.39, 0.29) is 49.4 Å². The number of amides is 2. The molecule has 0 aromatic heterocycles. The zero-order valence-corrected chi connectivity index (χ0v) is 18.9. The molecule has 0 saturated heterocycles. The van der Waals surface area contributed by atoms with Crippen LogP contribution in [0.2, 0.25) is 0 Å². The summed E-state index contributed by atoms with van der Waals surface area (Å²) in [6.45, 7) is 10.8. The van der Waals surface area contributed by atoms with E-state index in [2.05, 4.69) is 23.8 Å². The molecule has 32 heavy (non-hydrogen) atoms. The van der Waals surface area contributed by atoms with Gasteiger partial charge in [-0.2, -0.15) is 0 Å². The van der Waals surface area contributed by atoms with Gasteiger partial charge in [-0.3, -0.25) is 0 Å². The number of hydrogen-bond donors (Lipinski definition) is 2. The zero-order chi connectivity index (χ0) is 23.9. The SMILES string of the molecule is C=C(C)C(=O)OCCOC(=O)NCC1CCCC(CNC(=O)OCCOC(=O)C(=C)C)C1. The molecule has 1 fully saturated rings. The van der Waals surface area contributed by atoms with Gasteiger partial charge in [0, 0.05) is 24.2 Å². The maximum atomic E-state index is 11.8. The summed E-state index contributed by atoms with van der Waals surface area (Å²) in [5, 5.41) is 5.44. The first-order valence-electron chi connectivity index (χ1n) is 10.7. The molecule has 0 bridgehead atoms. The summed E-state index contributed by atoms with van der Waals surface area (Å²) >= 11 is 0. The van der Waals surface area contributed by atoms with E-state index in [1.54, 1.807) is 0 Å². The lowest BCUT2D eigenvalue weighted by Gasteiger charge is -2.29. The highest BCUT2D eigenvalue weighted by molar-refractivity contribution is 5.87. The molecule has 2 atom stereocenters. The number of hydrogen-bond acceptors (Lipinski definition) is 8. The lowest BCUT2D eigenvalue weighted by atomic mass is 9.81. The molecule has 10 nitrogen and oxygen atoms in total. The molecule has 0 aliphatic heterocycles. The summed E-state index contributed by atoms with van der Waals surface area (Å²) in [6, 6.07) is 0. The van der Waals surface area contributed by atoms with Crippen molar-refractivity contribution in [2.45, 2.75) is 39.5 Å². The number of esters is 2. The van der Waals surface area contributed by atoms with Gasteiger partial charge in [-0.05, 0) is 44.9 Å². The highest BCUT2D eigenvalue weighted by atomic mass is 16.6. The Hall–Kier alpha value is -3.04. The lowest BCUT2D eigenvalue weighted by molar-refractivity contribution is -0.140. The molecule has 10 heteroatoms. The van der Waals surface area contributed by atoms with Gasteiger partial charge < -0.3 is 29.6 Å². The minimum Gasteiger partial charge on any atom is -0.459 e. The first-order chi connectivity index (χ1) is 15.2. The molecule has 0 radical (unpaired) electrons. The highest BCUT2D eigenvalue weighted by Gasteiger charge is 2.23. The standard InChI is InChI=1S/C22H34N2O8/c1-15(2)19(25)29-8-10-31-21(27)23-13-17-6-5-7-18(12-17)14-24-22(28)32-11-9-30-20(26)16(3)4/h17-18H,1,3,5-14H2,2,4H3,(H,23,27)(H,24,28). The lowest BCUT2D eigenvalue weighted by Crippen LogP contribution is -2.36. The number of carbonyl (C=O) groups is 4. The van der Waals surface area contributed by atoms with E-state index in [1.165, 1.54) is 13.8 Å². The van der Waals surface area contributed by atoms with Crippen LogP contribution in [0.5, 0.6) is 0 Å². The maximum Gasteiger partial charge on any atom is 0.407 e. The summed E-state index contributed by atoms with van der Waals surface area (Å²) in [5.74, 6) is -0.485. The van der Waals surface area contributed by atoms with E-state index < -0.39 is 24.1 Å². The first kappa shape index (κ1) is 27.0. The van der Waals surface area contributed by atoms with Gasteiger partial charge in [-0.15, -0.1) is 0 Å². The number of nitrogens with one attached hydrogen (secondary N) is 2. The van der Waals surface area contributed by atoms with Crippen LogP contribution < -0.4 is 10.6 Å². The molecule has 0 heterocycles. The van der Waals surface area contributed by atoms with Crippen molar-refractivity contribution in [3.05, 3.63) is 24.3 Å². The number of alkyl carbamates (subject to hydrolysis) is 2. The third-order valence-corrected chi connectivity index (χ3v) is 4.76. The smallest absolute Gasteiger partial charge is 0.407 e. The van der Waals surface area contributed by atoms with E-state index >= 15 is 0 Å². The summed E-state index contributed by atoms with van der Waals surface area (Å²) in [7, 11) is 0. The molecule has 1 saturated carbocycles. The molecule has 180 valence electrons. The van der Waals surface area contributed by atoms with Crippen molar-refractivity contribution in [1.82, 2.24) is 10.6 Å². The van der Waals surface area contributed by atoms with Gasteiger partial charge in [-0.25, -0.2) is 19.2 Å². The normalized spacial score (nSPS) is 17.4. The van der Waals surface area contributed by atoms with Crippen LogP contribution in [0.3, 0.4) is 0 Å². The van der Waals surface area contributed by atoms with Gasteiger partial charge in [0.05, 0.1) is 0 Å². The molecular formula is C22H34N2O8. The Kier molecular flexibility index (Phi) is 12.5. The van der Waals surface area contributed by atoms with Gasteiger partial charge in [0.25, 0.3) is 0 Å². The van der Waals surface area contributed by atoms with E-state index in [0.717, 1.165) is 25.7 Å². The monoisotopic (exact) mass is 454 g/mol.